The molecule has 0 spiro atoms. The number of aliphatic hydroxyl groups excluding tert-OH is 1. The molecule has 2 rings (SSSR count). The van der Waals surface area contributed by atoms with Gasteiger partial charge in [0.2, 0.25) is 0 Å². The van der Waals surface area contributed by atoms with Crippen LogP contribution in [0.15, 0.2) is 43.1 Å². The van der Waals surface area contributed by atoms with Gasteiger partial charge in [0.25, 0.3) is 0 Å². The number of ether oxygens (including phenoxy) is 1. The summed E-state index contributed by atoms with van der Waals surface area (Å²) in [4.78, 5) is 14.5. The number of aromatic nitrogens is 1. The largest absolute Gasteiger partial charge is 0.489 e. The number of carboxylic acid groups (broad SMARTS) is 1. The summed E-state index contributed by atoms with van der Waals surface area (Å²) >= 11 is 12.2. The zero-order valence-electron chi connectivity index (χ0n) is 12.4. The van der Waals surface area contributed by atoms with E-state index in [4.69, 9.17) is 33.0 Å². The average molecular weight is 369 g/mol. The molecule has 0 bridgehead atoms. The van der Waals surface area contributed by atoms with Crippen LogP contribution in [0.1, 0.15) is 17.2 Å². The summed E-state index contributed by atoms with van der Waals surface area (Å²) in [7, 11) is 0. The number of nitrogens with one attached hydrogen (secondary N) is 1. The lowest BCUT2D eigenvalue weighted by Gasteiger charge is -2.18. The SMILES string of the molecule is C=CCOc1ccc(Cl)c(Cl)c1C(O)c1ccc(NC(=O)O)nc1. The third kappa shape index (κ3) is 4.17. The molecule has 8 heteroatoms. The summed E-state index contributed by atoms with van der Waals surface area (Å²) < 4.78 is 5.51. The van der Waals surface area contributed by atoms with E-state index >= 15 is 0 Å². The Morgan fingerprint density at radius 2 is 2.12 bits per heavy atom. The molecule has 1 amide bonds. The molecule has 24 heavy (non-hydrogen) atoms. The average Bonchev–Trinajstić information content (AvgIpc) is 2.55. The first kappa shape index (κ1) is 18.1. The van der Waals surface area contributed by atoms with E-state index in [9.17, 15) is 9.90 Å². The molecule has 0 aliphatic rings. The Labute approximate surface area is 148 Å². The van der Waals surface area contributed by atoms with Crippen molar-refractivity contribution in [1.29, 1.82) is 0 Å². The number of carbonyl (C=O) groups is 1. The molecule has 1 atom stereocenters. The Bertz CT molecular complexity index is 750. The summed E-state index contributed by atoms with van der Waals surface area (Å²) in [5, 5.41) is 21.8. The van der Waals surface area contributed by atoms with Crippen molar-refractivity contribution in [3.63, 3.8) is 0 Å². The van der Waals surface area contributed by atoms with Gasteiger partial charge in [0.1, 0.15) is 24.3 Å². The molecule has 0 saturated heterocycles. The molecule has 0 aliphatic carbocycles. The lowest BCUT2D eigenvalue weighted by atomic mass is 10.0. The summed E-state index contributed by atoms with van der Waals surface area (Å²) in [6, 6.07) is 6.12. The molecule has 0 aliphatic heterocycles. The van der Waals surface area contributed by atoms with Gasteiger partial charge in [0.05, 0.1) is 10.0 Å². The minimum Gasteiger partial charge on any atom is -0.489 e. The van der Waals surface area contributed by atoms with Crippen LogP contribution in [0.4, 0.5) is 10.6 Å². The zero-order chi connectivity index (χ0) is 17.7. The minimum atomic E-state index is -1.23. The number of nitrogens with zero attached hydrogens (tertiary/aromatic N) is 1. The highest BCUT2D eigenvalue weighted by atomic mass is 35.5. The van der Waals surface area contributed by atoms with Gasteiger partial charge in [0, 0.05) is 17.3 Å². The van der Waals surface area contributed by atoms with Crippen LogP contribution in [0.2, 0.25) is 10.0 Å². The van der Waals surface area contributed by atoms with E-state index in [0.717, 1.165) is 0 Å². The van der Waals surface area contributed by atoms with Crippen LogP contribution in [0.25, 0.3) is 0 Å². The summed E-state index contributed by atoms with van der Waals surface area (Å²) in [6.07, 6.45) is 0.521. The van der Waals surface area contributed by atoms with Gasteiger partial charge in [-0.15, -0.1) is 0 Å². The second kappa shape index (κ2) is 8.01. The first-order valence-corrected chi connectivity index (χ1v) is 7.55. The molecule has 1 unspecified atom stereocenters. The smallest absolute Gasteiger partial charge is 0.410 e. The molecule has 0 radical (unpaired) electrons. The van der Waals surface area contributed by atoms with Crippen LogP contribution in [0.3, 0.4) is 0 Å². The van der Waals surface area contributed by atoms with Crippen molar-refractivity contribution in [3.05, 3.63) is 64.3 Å². The van der Waals surface area contributed by atoms with E-state index in [-0.39, 0.29) is 22.5 Å². The number of pyridine rings is 1. The highest BCUT2D eigenvalue weighted by Gasteiger charge is 2.21. The monoisotopic (exact) mass is 368 g/mol. The predicted octanol–water partition coefficient (Wildman–Crippen LogP) is 4.12. The second-order valence-corrected chi connectivity index (χ2v) is 5.47. The van der Waals surface area contributed by atoms with Crippen LogP contribution in [-0.4, -0.2) is 27.9 Å². The number of aliphatic hydroxyl groups is 1. The van der Waals surface area contributed by atoms with Crippen molar-refractivity contribution < 1.29 is 19.7 Å². The highest BCUT2D eigenvalue weighted by molar-refractivity contribution is 6.42. The van der Waals surface area contributed by atoms with Crippen LogP contribution in [0, 0.1) is 0 Å². The van der Waals surface area contributed by atoms with E-state index in [1.807, 2.05) is 0 Å². The third-order valence-electron chi connectivity index (χ3n) is 3.06. The predicted molar refractivity (Wildman–Crippen MR) is 92.1 cm³/mol. The summed E-state index contributed by atoms with van der Waals surface area (Å²) in [6.45, 7) is 3.80. The molecule has 126 valence electrons. The fourth-order valence-corrected chi connectivity index (χ4v) is 2.42. The van der Waals surface area contributed by atoms with E-state index in [0.29, 0.717) is 16.9 Å². The van der Waals surface area contributed by atoms with Gasteiger partial charge in [-0.2, -0.15) is 0 Å². The number of amides is 1. The van der Waals surface area contributed by atoms with Gasteiger partial charge in [-0.25, -0.2) is 9.78 Å². The lowest BCUT2D eigenvalue weighted by Crippen LogP contribution is -2.10. The molecular weight excluding hydrogens is 355 g/mol. The van der Waals surface area contributed by atoms with Gasteiger partial charge in [0.15, 0.2) is 0 Å². The maximum Gasteiger partial charge on any atom is 0.410 e. The Hall–Kier alpha value is -2.28. The zero-order valence-corrected chi connectivity index (χ0v) is 13.9. The van der Waals surface area contributed by atoms with Crippen molar-refractivity contribution >= 4 is 35.1 Å². The van der Waals surface area contributed by atoms with Crippen molar-refractivity contribution in [3.8, 4) is 5.75 Å². The maximum atomic E-state index is 10.6. The van der Waals surface area contributed by atoms with Gasteiger partial charge in [-0.1, -0.05) is 41.9 Å². The molecule has 6 nitrogen and oxygen atoms in total. The first-order valence-electron chi connectivity index (χ1n) is 6.79. The molecule has 3 N–H and O–H groups in total. The topological polar surface area (TPSA) is 91.7 Å². The second-order valence-electron chi connectivity index (χ2n) is 4.68. The van der Waals surface area contributed by atoms with Crippen molar-refractivity contribution in [2.75, 3.05) is 11.9 Å². The highest BCUT2D eigenvalue weighted by Crippen LogP contribution is 2.39. The van der Waals surface area contributed by atoms with Crippen LogP contribution >= 0.6 is 23.2 Å². The standard InChI is InChI=1S/C16H14Cl2N2O4/c1-2-7-24-11-5-4-10(17)14(18)13(11)15(21)9-3-6-12(19-8-9)20-16(22)23/h2-6,8,15,21H,1,7H2,(H,19,20)(H,22,23). The molecule has 1 aromatic carbocycles. The van der Waals surface area contributed by atoms with Crippen molar-refractivity contribution in [1.82, 2.24) is 4.98 Å². The summed E-state index contributed by atoms with van der Waals surface area (Å²) in [5.74, 6) is 0.503. The van der Waals surface area contributed by atoms with Gasteiger partial charge in [-0.05, 0) is 18.2 Å². The van der Waals surface area contributed by atoms with Gasteiger partial charge >= 0.3 is 6.09 Å². The van der Waals surface area contributed by atoms with Gasteiger partial charge < -0.3 is 14.9 Å². The van der Waals surface area contributed by atoms with Crippen LogP contribution in [-0.2, 0) is 0 Å². The number of benzene rings is 1. The number of anilines is 1. The fraction of sp³-hybridized carbons (Fsp3) is 0.125. The van der Waals surface area contributed by atoms with E-state index in [1.54, 1.807) is 18.2 Å². The van der Waals surface area contributed by atoms with E-state index in [2.05, 4.69) is 16.9 Å². The molecule has 1 heterocycles. The molecule has 0 fully saturated rings. The maximum absolute atomic E-state index is 10.6. The van der Waals surface area contributed by atoms with Crippen LogP contribution in [0.5, 0.6) is 5.75 Å². The third-order valence-corrected chi connectivity index (χ3v) is 3.88. The van der Waals surface area contributed by atoms with E-state index < -0.39 is 12.2 Å². The Kier molecular flexibility index (Phi) is 6.03. The Balaban J connectivity index is 2.37. The number of hydrogen-bond donors (Lipinski definition) is 3. The van der Waals surface area contributed by atoms with Crippen molar-refractivity contribution in [2.45, 2.75) is 6.10 Å². The molecular formula is C16H14Cl2N2O4. The number of rotatable bonds is 6. The molecule has 1 aromatic heterocycles. The van der Waals surface area contributed by atoms with Gasteiger partial charge in [-0.3, -0.25) is 5.32 Å². The Morgan fingerprint density at radius 3 is 2.71 bits per heavy atom. The van der Waals surface area contributed by atoms with E-state index in [1.165, 1.54) is 18.3 Å². The molecule has 2 aromatic rings. The normalized spacial score (nSPS) is 11.6. The molecule has 0 saturated carbocycles. The Morgan fingerprint density at radius 1 is 1.38 bits per heavy atom. The van der Waals surface area contributed by atoms with Crippen LogP contribution < -0.4 is 10.1 Å². The lowest BCUT2D eigenvalue weighted by molar-refractivity contribution is 0.209. The van der Waals surface area contributed by atoms with Crippen molar-refractivity contribution in [2.24, 2.45) is 0 Å². The minimum absolute atomic E-state index is 0.138. The number of halogens is 2. The fourth-order valence-electron chi connectivity index (χ4n) is 2.00. The quantitative estimate of drug-likeness (QED) is 0.666. The number of hydrogen-bond acceptors (Lipinski definition) is 4. The first-order chi connectivity index (χ1) is 11.4. The summed E-state index contributed by atoms with van der Waals surface area (Å²) in [5.41, 5.74) is 0.699.